The molecule has 0 fully saturated rings. The summed E-state index contributed by atoms with van der Waals surface area (Å²) < 4.78 is 4.58. The van der Waals surface area contributed by atoms with E-state index in [4.69, 9.17) is 10.8 Å². The van der Waals surface area contributed by atoms with Crippen LogP contribution in [0.15, 0.2) is 0 Å². The SMILES string of the molecule is CCOC(=O)CC(N)CC(=O)O.Cl. The molecule has 0 aliphatic carbocycles. The van der Waals surface area contributed by atoms with Gasteiger partial charge >= 0.3 is 11.9 Å². The summed E-state index contributed by atoms with van der Waals surface area (Å²) in [5.74, 6) is -1.46. The van der Waals surface area contributed by atoms with Crippen molar-refractivity contribution in [2.24, 2.45) is 5.73 Å². The average Bonchev–Trinajstić information content (AvgIpc) is 1.84. The van der Waals surface area contributed by atoms with Crippen LogP contribution in [0.5, 0.6) is 0 Å². The third kappa shape index (κ3) is 9.10. The summed E-state index contributed by atoms with van der Waals surface area (Å²) in [5.41, 5.74) is 5.32. The molecule has 1 unspecified atom stereocenters. The van der Waals surface area contributed by atoms with E-state index in [1.54, 1.807) is 6.92 Å². The number of nitrogens with two attached hydrogens (primary N) is 1. The highest BCUT2D eigenvalue weighted by atomic mass is 35.5. The third-order valence-electron chi connectivity index (χ3n) is 1.17. The Morgan fingerprint density at radius 2 is 2.00 bits per heavy atom. The molecule has 3 N–H and O–H groups in total. The van der Waals surface area contributed by atoms with Crippen LogP contribution >= 0.6 is 12.4 Å². The molecule has 0 aromatic rings. The van der Waals surface area contributed by atoms with Crippen LogP contribution in [0.1, 0.15) is 19.8 Å². The molecule has 0 amide bonds. The van der Waals surface area contributed by atoms with E-state index >= 15 is 0 Å². The van der Waals surface area contributed by atoms with Crippen molar-refractivity contribution in [3.05, 3.63) is 0 Å². The first-order valence-electron chi connectivity index (χ1n) is 3.69. The molecule has 0 rings (SSSR count). The number of aliphatic carboxylic acids is 1. The van der Waals surface area contributed by atoms with Crippen molar-refractivity contribution in [2.45, 2.75) is 25.8 Å². The lowest BCUT2D eigenvalue weighted by Gasteiger charge is -2.06. The van der Waals surface area contributed by atoms with Crippen LogP contribution in [0, 0.1) is 0 Å². The van der Waals surface area contributed by atoms with Gasteiger partial charge in [0.1, 0.15) is 0 Å². The minimum Gasteiger partial charge on any atom is -0.481 e. The molecule has 0 aliphatic rings. The van der Waals surface area contributed by atoms with Gasteiger partial charge in [-0.25, -0.2) is 0 Å². The number of ether oxygens (including phenoxy) is 1. The second-order valence-electron chi connectivity index (χ2n) is 2.37. The molecule has 0 aliphatic heterocycles. The van der Waals surface area contributed by atoms with Gasteiger partial charge in [-0.05, 0) is 6.92 Å². The fourth-order valence-corrected chi connectivity index (χ4v) is 0.730. The molecule has 0 radical (unpaired) electrons. The molecule has 1 atom stereocenters. The van der Waals surface area contributed by atoms with Crippen LogP contribution in [0.2, 0.25) is 0 Å². The first-order chi connectivity index (χ1) is 5.56. The topological polar surface area (TPSA) is 89.6 Å². The van der Waals surface area contributed by atoms with Gasteiger partial charge in [0.25, 0.3) is 0 Å². The Hall–Kier alpha value is -0.810. The predicted molar refractivity (Wildman–Crippen MR) is 48.7 cm³/mol. The second kappa shape index (κ2) is 7.82. The number of carboxylic acids is 1. The van der Waals surface area contributed by atoms with Crippen molar-refractivity contribution in [3.63, 3.8) is 0 Å². The quantitative estimate of drug-likeness (QED) is 0.633. The summed E-state index contributed by atoms with van der Waals surface area (Å²) >= 11 is 0. The summed E-state index contributed by atoms with van der Waals surface area (Å²) in [4.78, 5) is 20.9. The maximum absolute atomic E-state index is 10.7. The predicted octanol–water partition coefficient (Wildman–Crippen LogP) is 0.163. The number of carbonyl (C=O) groups excluding carboxylic acids is 1. The summed E-state index contributed by atoms with van der Waals surface area (Å²) in [6, 6.07) is -0.651. The zero-order valence-corrected chi connectivity index (χ0v) is 8.17. The molecule has 13 heavy (non-hydrogen) atoms. The zero-order valence-electron chi connectivity index (χ0n) is 7.36. The van der Waals surface area contributed by atoms with Crippen molar-refractivity contribution in [3.8, 4) is 0 Å². The zero-order chi connectivity index (χ0) is 9.56. The number of carboxylic acid groups (broad SMARTS) is 1. The Kier molecular flexibility index (Phi) is 8.84. The monoisotopic (exact) mass is 211 g/mol. The molecular formula is C7H14ClNO4. The van der Waals surface area contributed by atoms with Gasteiger partial charge in [-0.2, -0.15) is 0 Å². The fraction of sp³-hybridized carbons (Fsp3) is 0.714. The molecule has 5 nitrogen and oxygen atoms in total. The van der Waals surface area contributed by atoms with Crippen molar-refractivity contribution in [1.82, 2.24) is 0 Å². The van der Waals surface area contributed by atoms with Gasteiger partial charge in [0.2, 0.25) is 0 Å². The second-order valence-corrected chi connectivity index (χ2v) is 2.37. The first-order valence-corrected chi connectivity index (χ1v) is 3.69. The lowest BCUT2D eigenvalue weighted by Crippen LogP contribution is -2.27. The van der Waals surface area contributed by atoms with E-state index in [1.807, 2.05) is 0 Å². The highest BCUT2D eigenvalue weighted by molar-refractivity contribution is 5.85. The van der Waals surface area contributed by atoms with Crippen molar-refractivity contribution in [1.29, 1.82) is 0 Å². The minimum absolute atomic E-state index is 0. The lowest BCUT2D eigenvalue weighted by atomic mass is 10.1. The standard InChI is InChI=1S/C7H13NO4.ClH/c1-2-12-7(11)4-5(8)3-6(9)10;/h5H,2-4,8H2,1H3,(H,9,10);1H. The van der Waals surface area contributed by atoms with E-state index in [-0.39, 0.29) is 25.2 Å². The smallest absolute Gasteiger partial charge is 0.307 e. The molecule has 6 heteroatoms. The molecule has 0 saturated carbocycles. The van der Waals surface area contributed by atoms with E-state index in [1.165, 1.54) is 0 Å². The van der Waals surface area contributed by atoms with Gasteiger partial charge in [-0.15, -0.1) is 12.4 Å². The van der Waals surface area contributed by atoms with Gasteiger partial charge in [-0.3, -0.25) is 9.59 Å². The van der Waals surface area contributed by atoms with E-state index < -0.39 is 18.0 Å². The Morgan fingerprint density at radius 1 is 1.46 bits per heavy atom. The Balaban J connectivity index is 0. The molecule has 0 spiro atoms. The normalized spacial score (nSPS) is 11.2. The van der Waals surface area contributed by atoms with Crippen LogP contribution < -0.4 is 5.73 Å². The summed E-state index contributed by atoms with van der Waals surface area (Å²) in [5, 5.41) is 8.29. The number of hydrogen-bond acceptors (Lipinski definition) is 4. The van der Waals surface area contributed by atoms with Gasteiger partial charge in [0.15, 0.2) is 0 Å². The summed E-state index contributed by atoms with van der Waals surface area (Å²) in [6.07, 6.45) is -0.251. The molecular weight excluding hydrogens is 198 g/mol. The molecule has 0 aromatic heterocycles. The maximum Gasteiger partial charge on any atom is 0.307 e. The average molecular weight is 212 g/mol. The van der Waals surface area contributed by atoms with Gasteiger partial charge in [0, 0.05) is 6.04 Å². The van der Waals surface area contributed by atoms with E-state index in [9.17, 15) is 9.59 Å². The Morgan fingerprint density at radius 3 is 2.38 bits per heavy atom. The Bertz CT molecular complexity index is 174. The number of carbonyl (C=O) groups is 2. The Labute approximate surface area is 82.7 Å². The van der Waals surface area contributed by atoms with Crippen LogP contribution in [-0.4, -0.2) is 29.7 Å². The first kappa shape index (κ1) is 14.7. The summed E-state index contributed by atoms with van der Waals surface area (Å²) in [6.45, 7) is 1.97. The highest BCUT2D eigenvalue weighted by Crippen LogP contribution is 1.96. The van der Waals surface area contributed by atoms with Crippen LogP contribution in [-0.2, 0) is 14.3 Å². The third-order valence-corrected chi connectivity index (χ3v) is 1.17. The van der Waals surface area contributed by atoms with E-state index in [2.05, 4.69) is 4.74 Å². The van der Waals surface area contributed by atoms with E-state index in [0.717, 1.165) is 0 Å². The maximum atomic E-state index is 10.7. The van der Waals surface area contributed by atoms with Crippen LogP contribution in [0.4, 0.5) is 0 Å². The van der Waals surface area contributed by atoms with E-state index in [0.29, 0.717) is 6.61 Å². The van der Waals surface area contributed by atoms with Crippen molar-refractivity contribution >= 4 is 24.3 Å². The molecule has 78 valence electrons. The molecule has 0 heterocycles. The van der Waals surface area contributed by atoms with Gasteiger partial charge in [0.05, 0.1) is 19.4 Å². The van der Waals surface area contributed by atoms with Gasteiger partial charge in [-0.1, -0.05) is 0 Å². The highest BCUT2D eigenvalue weighted by Gasteiger charge is 2.13. The number of esters is 1. The molecule has 0 saturated heterocycles. The van der Waals surface area contributed by atoms with Crippen molar-refractivity contribution < 1.29 is 19.4 Å². The van der Waals surface area contributed by atoms with Crippen molar-refractivity contribution in [2.75, 3.05) is 6.61 Å². The molecule has 0 aromatic carbocycles. The fourth-order valence-electron chi connectivity index (χ4n) is 0.730. The lowest BCUT2D eigenvalue weighted by molar-refractivity contribution is -0.144. The van der Waals surface area contributed by atoms with Crippen LogP contribution in [0.3, 0.4) is 0 Å². The minimum atomic E-state index is -1.01. The molecule has 0 bridgehead atoms. The number of rotatable bonds is 5. The van der Waals surface area contributed by atoms with Gasteiger partial charge < -0.3 is 15.6 Å². The summed E-state index contributed by atoms with van der Waals surface area (Å²) in [7, 11) is 0. The van der Waals surface area contributed by atoms with Crippen LogP contribution in [0.25, 0.3) is 0 Å². The largest absolute Gasteiger partial charge is 0.481 e. The number of hydrogen-bond donors (Lipinski definition) is 2. The number of halogens is 1.